The van der Waals surface area contributed by atoms with E-state index in [1.54, 1.807) is 0 Å². The minimum absolute atomic E-state index is 0. The van der Waals surface area contributed by atoms with Crippen molar-refractivity contribution in [3.8, 4) is 0 Å². The zero-order valence-corrected chi connectivity index (χ0v) is 9.49. The summed E-state index contributed by atoms with van der Waals surface area (Å²) in [6, 6.07) is 0. The van der Waals surface area contributed by atoms with Gasteiger partial charge in [-0.15, -0.1) is 0 Å². The molecule has 1 fully saturated rings. The summed E-state index contributed by atoms with van der Waals surface area (Å²) in [6.45, 7) is 0. The van der Waals surface area contributed by atoms with Crippen LogP contribution in [-0.4, -0.2) is 28.0 Å². The van der Waals surface area contributed by atoms with Crippen molar-refractivity contribution in [2.24, 2.45) is 0 Å². The van der Waals surface area contributed by atoms with E-state index in [9.17, 15) is 9.36 Å². The lowest BCUT2D eigenvalue weighted by molar-refractivity contribution is -0.147. The molecule has 5 N–H and O–H groups in total. The van der Waals surface area contributed by atoms with Crippen LogP contribution in [0.4, 0.5) is 0 Å². The van der Waals surface area contributed by atoms with Crippen LogP contribution in [0.25, 0.3) is 0 Å². The Balaban J connectivity index is 0.00000196. The molecule has 0 aromatic rings. The highest BCUT2D eigenvalue weighted by atomic mass is 31.2. The Morgan fingerprint density at radius 1 is 1.27 bits per heavy atom. The monoisotopic (exact) mass is 239 g/mol. The minimum atomic E-state index is -4.26. The molecular weight excluding hydrogens is 221 g/mol. The number of hydrogen-bond donors (Lipinski definition) is 3. The second-order valence-corrected chi connectivity index (χ2v) is 5.22. The lowest BCUT2D eigenvalue weighted by Crippen LogP contribution is -2.22. The van der Waals surface area contributed by atoms with Gasteiger partial charge >= 0.3 is 13.6 Å². The molecule has 0 bridgehead atoms. The van der Waals surface area contributed by atoms with Crippen LogP contribution in [0, 0.1) is 0 Å². The maximum absolute atomic E-state index is 11.0. The molecule has 0 amide bonds. The summed E-state index contributed by atoms with van der Waals surface area (Å²) in [5.41, 5.74) is 0. The Morgan fingerprint density at radius 3 is 2.27 bits per heavy atom. The molecular formula is C8H18NO5P. The first-order valence-electron chi connectivity index (χ1n) is 4.71. The van der Waals surface area contributed by atoms with Crippen molar-refractivity contribution in [3.63, 3.8) is 0 Å². The molecule has 1 aliphatic carbocycles. The summed E-state index contributed by atoms with van der Waals surface area (Å²) >= 11 is 0. The van der Waals surface area contributed by atoms with E-state index >= 15 is 0 Å². The van der Waals surface area contributed by atoms with Crippen molar-refractivity contribution in [1.82, 2.24) is 6.15 Å². The third kappa shape index (κ3) is 6.62. The van der Waals surface area contributed by atoms with Crippen molar-refractivity contribution in [1.29, 1.82) is 0 Å². The third-order valence-electron chi connectivity index (χ3n) is 2.19. The summed E-state index contributed by atoms with van der Waals surface area (Å²) < 4.78 is 15.4. The van der Waals surface area contributed by atoms with Gasteiger partial charge in [-0.25, -0.2) is 0 Å². The number of rotatable bonds is 3. The van der Waals surface area contributed by atoms with Gasteiger partial charge in [-0.05, 0) is 25.7 Å². The topological polar surface area (TPSA) is 119 Å². The van der Waals surface area contributed by atoms with Gasteiger partial charge in [0, 0.05) is 0 Å². The van der Waals surface area contributed by atoms with Crippen molar-refractivity contribution >= 4 is 13.6 Å². The number of esters is 1. The van der Waals surface area contributed by atoms with Gasteiger partial charge in [0.05, 0.1) is 0 Å². The molecule has 0 aromatic heterocycles. The highest BCUT2D eigenvalue weighted by Gasteiger charge is 2.24. The zero-order chi connectivity index (χ0) is 10.6. The van der Waals surface area contributed by atoms with Crippen LogP contribution in [0.3, 0.4) is 0 Å². The summed E-state index contributed by atoms with van der Waals surface area (Å²) in [5, 5.41) is 0. The van der Waals surface area contributed by atoms with Crippen LogP contribution in [0.2, 0.25) is 0 Å². The minimum Gasteiger partial charge on any atom is -0.462 e. The van der Waals surface area contributed by atoms with Crippen LogP contribution in [-0.2, 0) is 14.1 Å². The molecule has 0 aliphatic heterocycles. The molecule has 0 radical (unpaired) electrons. The van der Waals surface area contributed by atoms with Crippen LogP contribution in [0.5, 0.6) is 0 Å². The van der Waals surface area contributed by atoms with Crippen molar-refractivity contribution in [2.75, 3.05) is 6.16 Å². The fourth-order valence-corrected chi connectivity index (χ4v) is 1.99. The Labute approximate surface area is 88.8 Å². The molecule has 7 heteroatoms. The van der Waals surface area contributed by atoms with Crippen LogP contribution in [0.1, 0.15) is 32.1 Å². The van der Waals surface area contributed by atoms with Crippen LogP contribution < -0.4 is 6.15 Å². The maximum atomic E-state index is 11.0. The third-order valence-corrected chi connectivity index (χ3v) is 2.86. The van der Waals surface area contributed by atoms with Gasteiger partial charge < -0.3 is 20.7 Å². The van der Waals surface area contributed by atoms with E-state index in [1.807, 2.05) is 0 Å². The zero-order valence-electron chi connectivity index (χ0n) is 8.59. The Bertz CT molecular complexity index is 245. The van der Waals surface area contributed by atoms with E-state index in [2.05, 4.69) is 0 Å². The molecule has 1 aliphatic rings. The van der Waals surface area contributed by atoms with Gasteiger partial charge in [0.15, 0.2) is 0 Å². The molecule has 0 unspecified atom stereocenters. The number of hydrogen-bond acceptors (Lipinski definition) is 4. The molecule has 0 spiro atoms. The van der Waals surface area contributed by atoms with Gasteiger partial charge in [-0.1, -0.05) is 6.42 Å². The Hall–Kier alpha value is -0.420. The van der Waals surface area contributed by atoms with E-state index in [-0.39, 0.29) is 12.3 Å². The molecule has 0 aromatic carbocycles. The molecule has 1 saturated carbocycles. The SMILES string of the molecule is N.O=C(CP(=O)(O)O)OC1CCCCC1. The van der Waals surface area contributed by atoms with Gasteiger partial charge in [-0.3, -0.25) is 9.36 Å². The predicted molar refractivity (Wildman–Crippen MR) is 54.9 cm³/mol. The molecule has 90 valence electrons. The molecule has 1 rings (SSSR count). The van der Waals surface area contributed by atoms with Gasteiger partial charge in [0.25, 0.3) is 0 Å². The first-order valence-corrected chi connectivity index (χ1v) is 6.51. The number of carbonyl (C=O) groups is 1. The molecule has 0 atom stereocenters. The molecule has 15 heavy (non-hydrogen) atoms. The van der Waals surface area contributed by atoms with E-state index < -0.39 is 19.7 Å². The average Bonchev–Trinajstić information content (AvgIpc) is 2.02. The quantitative estimate of drug-likeness (QED) is 0.503. The number of carbonyl (C=O) groups excluding carboxylic acids is 1. The summed E-state index contributed by atoms with van der Waals surface area (Å²) in [6.07, 6.45) is 3.88. The predicted octanol–water partition coefficient (Wildman–Crippen LogP) is 1.20. The van der Waals surface area contributed by atoms with Crippen LogP contribution in [0.15, 0.2) is 0 Å². The van der Waals surface area contributed by atoms with E-state index in [1.165, 1.54) is 0 Å². The Morgan fingerprint density at radius 2 is 1.80 bits per heavy atom. The summed E-state index contributed by atoms with van der Waals surface area (Å²) in [5.74, 6) is -0.787. The van der Waals surface area contributed by atoms with Gasteiger partial charge in [0.1, 0.15) is 12.3 Å². The fraction of sp³-hybridized carbons (Fsp3) is 0.875. The summed E-state index contributed by atoms with van der Waals surface area (Å²) in [4.78, 5) is 28.1. The van der Waals surface area contributed by atoms with E-state index in [4.69, 9.17) is 14.5 Å². The van der Waals surface area contributed by atoms with Crippen molar-refractivity contribution < 1.29 is 23.9 Å². The van der Waals surface area contributed by atoms with Crippen molar-refractivity contribution in [3.05, 3.63) is 0 Å². The first-order chi connectivity index (χ1) is 6.47. The first kappa shape index (κ1) is 14.6. The molecule has 0 saturated heterocycles. The van der Waals surface area contributed by atoms with Crippen molar-refractivity contribution in [2.45, 2.75) is 38.2 Å². The maximum Gasteiger partial charge on any atom is 0.336 e. The van der Waals surface area contributed by atoms with Crippen LogP contribution >= 0.6 is 7.60 Å². The average molecular weight is 239 g/mol. The highest BCUT2D eigenvalue weighted by molar-refractivity contribution is 7.52. The Kier molecular flexibility index (Phi) is 6.05. The lowest BCUT2D eigenvalue weighted by Gasteiger charge is -2.21. The second-order valence-electron chi connectivity index (χ2n) is 3.57. The number of ether oxygens (including phenoxy) is 1. The lowest BCUT2D eigenvalue weighted by atomic mass is 9.98. The molecule has 6 nitrogen and oxygen atoms in total. The highest BCUT2D eigenvalue weighted by Crippen LogP contribution is 2.34. The second kappa shape index (κ2) is 6.23. The normalized spacial score (nSPS) is 18.0. The smallest absolute Gasteiger partial charge is 0.336 e. The van der Waals surface area contributed by atoms with E-state index in [0.29, 0.717) is 0 Å². The largest absolute Gasteiger partial charge is 0.462 e. The molecule has 0 heterocycles. The van der Waals surface area contributed by atoms with E-state index in [0.717, 1.165) is 32.1 Å². The van der Waals surface area contributed by atoms with Gasteiger partial charge in [-0.2, -0.15) is 0 Å². The fourth-order valence-electron chi connectivity index (χ4n) is 1.57. The standard InChI is InChI=1S/C8H15O5P.H3N/c9-8(6-14(10,11)12)13-7-4-2-1-3-5-7;/h7H,1-6H2,(H2,10,11,12);1H3. The van der Waals surface area contributed by atoms with Gasteiger partial charge in [0.2, 0.25) is 0 Å². The summed E-state index contributed by atoms with van der Waals surface area (Å²) in [7, 11) is -4.26.